The molecular weight excluding hydrogens is 248 g/mol. The molecule has 0 aliphatic carbocycles. The van der Waals surface area contributed by atoms with Crippen molar-refractivity contribution in [3.05, 3.63) is 46.4 Å². The van der Waals surface area contributed by atoms with Crippen molar-refractivity contribution >= 4 is 23.0 Å². The van der Waals surface area contributed by atoms with Crippen LogP contribution in [-0.2, 0) is 11.3 Å². The molecule has 0 fully saturated rings. The number of aromatic nitrogens is 1. The maximum absolute atomic E-state index is 11.7. The fourth-order valence-electron chi connectivity index (χ4n) is 1.71. The molecule has 0 amide bonds. The lowest BCUT2D eigenvalue weighted by molar-refractivity contribution is 0.0601. The third kappa shape index (κ3) is 2.68. The molecule has 0 aliphatic rings. The number of hydrogen-bond donors (Lipinski definition) is 0. The number of para-hydroxylation sites is 1. The number of rotatable bonds is 4. The Balaban J connectivity index is 2.24. The normalized spacial score (nSPS) is 10.1. The van der Waals surface area contributed by atoms with E-state index in [0.29, 0.717) is 12.1 Å². The standard InChI is InChI=1S/C13H14N2O2S/c1-15(9-12-14-7-8-18-12)11-6-4-3-5-10(11)13(16)17-2/h3-8H,9H2,1-2H3. The summed E-state index contributed by atoms with van der Waals surface area (Å²) in [5, 5.41) is 2.95. The molecule has 2 aromatic rings. The number of carbonyl (C=O) groups is 1. The van der Waals surface area contributed by atoms with Crippen LogP contribution in [0.3, 0.4) is 0 Å². The number of hydrogen-bond acceptors (Lipinski definition) is 5. The first-order valence-electron chi connectivity index (χ1n) is 5.49. The van der Waals surface area contributed by atoms with E-state index in [1.54, 1.807) is 23.6 Å². The summed E-state index contributed by atoms with van der Waals surface area (Å²) in [4.78, 5) is 17.9. The zero-order chi connectivity index (χ0) is 13.0. The van der Waals surface area contributed by atoms with E-state index in [1.807, 2.05) is 35.5 Å². The van der Waals surface area contributed by atoms with Gasteiger partial charge in [0.05, 0.1) is 24.9 Å². The van der Waals surface area contributed by atoms with E-state index in [0.717, 1.165) is 10.7 Å². The van der Waals surface area contributed by atoms with Gasteiger partial charge in [-0.05, 0) is 12.1 Å². The highest BCUT2D eigenvalue weighted by Crippen LogP contribution is 2.22. The average Bonchev–Trinajstić information content (AvgIpc) is 2.90. The number of esters is 1. The SMILES string of the molecule is COC(=O)c1ccccc1N(C)Cc1nccs1. The molecule has 0 aliphatic heterocycles. The average molecular weight is 262 g/mol. The van der Waals surface area contributed by atoms with Crippen molar-refractivity contribution in [1.82, 2.24) is 4.98 Å². The lowest BCUT2D eigenvalue weighted by Gasteiger charge is -2.20. The van der Waals surface area contributed by atoms with Crippen molar-refractivity contribution in [2.45, 2.75) is 6.54 Å². The molecule has 94 valence electrons. The fourth-order valence-corrected chi connectivity index (χ4v) is 2.38. The molecule has 0 bridgehead atoms. The second-order valence-corrected chi connectivity index (χ2v) is 4.77. The maximum Gasteiger partial charge on any atom is 0.339 e. The van der Waals surface area contributed by atoms with E-state index >= 15 is 0 Å². The number of carbonyl (C=O) groups excluding carboxylic acids is 1. The minimum atomic E-state index is -0.323. The molecule has 0 radical (unpaired) electrons. The largest absolute Gasteiger partial charge is 0.465 e. The van der Waals surface area contributed by atoms with E-state index < -0.39 is 0 Å². The number of ether oxygens (including phenoxy) is 1. The topological polar surface area (TPSA) is 42.4 Å². The van der Waals surface area contributed by atoms with Crippen LogP contribution in [0.25, 0.3) is 0 Å². The molecule has 0 saturated carbocycles. The summed E-state index contributed by atoms with van der Waals surface area (Å²) in [6.45, 7) is 0.672. The third-order valence-electron chi connectivity index (χ3n) is 2.58. The summed E-state index contributed by atoms with van der Waals surface area (Å²) < 4.78 is 4.78. The minimum absolute atomic E-state index is 0.323. The van der Waals surface area contributed by atoms with Gasteiger partial charge in [0.1, 0.15) is 5.01 Å². The second-order valence-electron chi connectivity index (χ2n) is 3.79. The predicted molar refractivity (Wildman–Crippen MR) is 72.0 cm³/mol. The van der Waals surface area contributed by atoms with Gasteiger partial charge in [-0.1, -0.05) is 12.1 Å². The van der Waals surface area contributed by atoms with E-state index in [-0.39, 0.29) is 5.97 Å². The number of nitrogens with zero attached hydrogens (tertiary/aromatic N) is 2. The first kappa shape index (κ1) is 12.6. The van der Waals surface area contributed by atoms with E-state index in [9.17, 15) is 4.79 Å². The van der Waals surface area contributed by atoms with Crippen molar-refractivity contribution in [3.63, 3.8) is 0 Å². The van der Waals surface area contributed by atoms with Crippen LogP contribution in [0.2, 0.25) is 0 Å². The molecule has 1 aromatic heterocycles. The van der Waals surface area contributed by atoms with Gasteiger partial charge < -0.3 is 9.64 Å². The Kier molecular flexibility index (Phi) is 3.94. The van der Waals surface area contributed by atoms with Crippen LogP contribution in [0.5, 0.6) is 0 Å². The zero-order valence-electron chi connectivity index (χ0n) is 10.3. The molecule has 18 heavy (non-hydrogen) atoms. The highest BCUT2D eigenvalue weighted by molar-refractivity contribution is 7.09. The summed E-state index contributed by atoms with van der Waals surface area (Å²) in [7, 11) is 3.32. The van der Waals surface area contributed by atoms with Gasteiger partial charge in [0.2, 0.25) is 0 Å². The van der Waals surface area contributed by atoms with Crippen LogP contribution in [-0.4, -0.2) is 25.1 Å². The zero-order valence-corrected chi connectivity index (χ0v) is 11.1. The molecule has 0 atom stereocenters. The number of benzene rings is 1. The van der Waals surface area contributed by atoms with Crippen LogP contribution in [0.4, 0.5) is 5.69 Å². The molecule has 2 rings (SSSR count). The first-order chi connectivity index (χ1) is 8.72. The number of thiazole rings is 1. The van der Waals surface area contributed by atoms with Gasteiger partial charge in [-0.2, -0.15) is 0 Å². The van der Waals surface area contributed by atoms with Crippen LogP contribution in [0, 0.1) is 0 Å². The number of methoxy groups -OCH3 is 1. The third-order valence-corrected chi connectivity index (χ3v) is 3.34. The molecule has 0 unspecified atom stereocenters. The van der Waals surface area contributed by atoms with Crippen LogP contribution in [0.1, 0.15) is 15.4 Å². The van der Waals surface area contributed by atoms with Gasteiger partial charge in [0.25, 0.3) is 0 Å². The van der Waals surface area contributed by atoms with Gasteiger partial charge in [-0.3, -0.25) is 0 Å². The van der Waals surface area contributed by atoms with Gasteiger partial charge >= 0.3 is 5.97 Å². The predicted octanol–water partition coefficient (Wildman–Crippen LogP) is 2.57. The van der Waals surface area contributed by atoms with Crippen molar-refractivity contribution in [1.29, 1.82) is 0 Å². The lowest BCUT2D eigenvalue weighted by Crippen LogP contribution is -2.19. The Morgan fingerprint density at radius 3 is 2.89 bits per heavy atom. The number of anilines is 1. The second kappa shape index (κ2) is 5.64. The summed E-state index contributed by atoms with van der Waals surface area (Å²) in [6.07, 6.45) is 1.78. The van der Waals surface area contributed by atoms with Crippen LogP contribution >= 0.6 is 11.3 Å². The van der Waals surface area contributed by atoms with Crippen molar-refractivity contribution in [3.8, 4) is 0 Å². The minimum Gasteiger partial charge on any atom is -0.465 e. The van der Waals surface area contributed by atoms with Gasteiger partial charge in [0.15, 0.2) is 0 Å². The molecule has 4 nitrogen and oxygen atoms in total. The molecule has 1 aromatic carbocycles. The first-order valence-corrected chi connectivity index (χ1v) is 6.37. The van der Waals surface area contributed by atoms with Gasteiger partial charge in [-0.25, -0.2) is 9.78 Å². The summed E-state index contributed by atoms with van der Waals surface area (Å²) in [6, 6.07) is 7.40. The molecule has 0 spiro atoms. The quantitative estimate of drug-likeness (QED) is 0.794. The Morgan fingerprint density at radius 1 is 1.44 bits per heavy atom. The summed E-state index contributed by atoms with van der Waals surface area (Å²) in [5.41, 5.74) is 1.42. The highest BCUT2D eigenvalue weighted by atomic mass is 32.1. The van der Waals surface area contributed by atoms with Crippen LogP contribution < -0.4 is 4.90 Å². The highest BCUT2D eigenvalue weighted by Gasteiger charge is 2.14. The molecular formula is C13H14N2O2S. The lowest BCUT2D eigenvalue weighted by atomic mass is 10.1. The summed E-state index contributed by atoms with van der Waals surface area (Å²) >= 11 is 1.60. The Bertz CT molecular complexity index is 526. The smallest absolute Gasteiger partial charge is 0.339 e. The molecule has 0 saturated heterocycles. The fraction of sp³-hybridized carbons (Fsp3) is 0.231. The maximum atomic E-state index is 11.7. The van der Waals surface area contributed by atoms with Crippen molar-refractivity contribution < 1.29 is 9.53 Å². The van der Waals surface area contributed by atoms with E-state index in [2.05, 4.69) is 4.98 Å². The van der Waals surface area contributed by atoms with Crippen molar-refractivity contribution in [2.24, 2.45) is 0 Å². The van der Waals surface area contributed by atoms with Crippen molar-refractivity contribution in [2.75, 3.05) is 19.1 Å². The molecule has 1 heterocycles. The molecule has 0 N–H and O–H groups in total. The van der Waals surface area contributed by atoms with E-state index in [4.69, 9.17) is 4.74 Å². The molecule has 5 heteroatoms. The Hall–Kier alpha value is -1.88. The van der Waals surface area contributed by atoms with Gasteiger partial charge in [-0.15, -0.1) is 11.3 Å². The summed E-state index contributed by atoms with van der Waals surface area (Å²) in [5.74, 6) is -0.323. The Labute approximate surface area is 110 Å². The Morgan fingerprint density at radius 2 is 2.22 bits per heavy atom. The van der Waals surface area contributed by atoms with E-state index in [1.165, 1.54) is 7.11 Å². The van der Waals surface area contributed by atoms with Gasteiger partial charge in [0, 0.05) is 18.6 Å². The monoisotopic (exact) mass is 262 g/mol. The van der Waals surface area contributed by atoms with Crippen LogP contribution in [0.15, 0.2) is 35.8 Å².